The Kier molecular flexibility index (Phi) is 4.05. The van der Waals surface area contributed by atoms with Crippen LogP contribution in [0.25, 0.3) is 0 Å². The van der Waals surface area contributed by atoms with Gasteiger partial charge in [-0.2, -0.15) is 0 Å². The highest BCUT2D eigenvalue weighted by Gasteiger charge is 2.10. The molecule has 5 nitrogen and oxygen atoms in total. The van der Waals surface area contributed by atoms with Gasteiger partial charge in [0.1, 0.15) is 11.5 Å². The summed E-state index contributed by atoms with van der Waals surface area (Å²) < 4.78 is 4.90. The van der Waals surface area contributed by atoms with Gasteiger partial charge in [-0.3, -0.25) is 4.79 Å². The van der Waals surface area contributed by atoms with Crippen LogP contribution in [0.4, 0.5) is 5.82 Å². The Bertz CT molecular complexity index is 341. The first-order valence-corrected chi connectivity index (χ1v) is 4.66. The summed E-state index contributed by atoms with van der Waals surface area (Å²) >= 11 is 0. The minimum absolute atomic E-state index is 0.0502. The van der Waals surface area contributed by atoms with Gasteiger partial charge in [0.2, 0.25) is 0 Å². The van der Waals surface area contributed by atoms with Crippen LogP contribution in [0.3, 0.4) is 0 Å². The molecule has 0 aromatic carbocycles. The molecule has 1 amide bonds. The SMILES string of the molecule is COCC(C)NC(=O)c1cccc(N)n1. The minimum atomic E-state index is -0.244. The molecule has 0 spiro atoms. The van der Waals surface area contributed by atoms with E-state index in [1.807, 2.05) is 6.92 Å². The summed E-state index contributed by atoms with van der Waals surface area (Å²) in [5.41, 5.74) is 5.79. The van der Waals surface area contributed by atoms with Crippen molar-refractivity contribution in [1.29, 1.82) is 0 Å². The summed E-state index contributed by atoms with van der Waals surface area (Å²) in [6.45, 7) is 2.32. The van der Waals surface area contributed by atoms with Gasteiger partial charge in [-0.15, -0.1) is 0 Å². The summed E-state index contributed by atoms with van der Waals surface area (Å²) in [7, 11) is 1.58. The summed E-state index contributed by atoms with van der Waals surface area (Å²) in [5, 5.41) is 2.74. The number of rotatable bonds is 4. The predicted octanol–water partition coefficient (Wildman–Crippen LogP) is 0.429. The molecule has 0 aliphatic rings. The van der Waals surface area contributed by atoms with E-state index < -0.39 is 0 Å². The van der Waals surface area contributed by atoms with Gasteiger partial charge in [-0.1, -0.05) is 6.07 Å². The van der Waals surface area contributed by atoms with Gasteiger partial charge < -0.3 is 15.8 Å². The molecule has 15 heavy (non-hydrogen) atoms. The van der Waals surface area contributed by atoms with Gasteiger partial charge in [0.15, 0.2) is 0 Å². The molecule has 82 valence electrons. The summed E-state index contributed by atoms with van der Waals surface area (Å²) in [4.78, 5) is 15.5. The number of nitrogen functional groups attached to an aromatic ring is 1. The highest BCUT2D eigenvalue weighted by atomic mass is 16.5. The number of nitrogens with zero attached hydrogens (tertiary/aromatic N) is 1. The van der Waals surface area contributed by atoms with Crippen LogP contribution >= 0.6 is 0 Å². The zero-order valence-corrected chi connectivity index (χ0v) is 8.86. The van der Waals surface area contributed by atoms with Crippen LogP contribution in [0.15, 0.2) is 18.2 Å². The van der Waals surface area contributed by atoms with Crippen molar-refractivity contribution in [2.75, 3.05) is 19.5 Å². The van der Waals surface area contributed by atoms with Crippen LogP contribution in [0.5, 0.6) is 0 Å². The Morgan fingerprint density at radius 3 is 3.00 bits per heavy atom. The Hall–Kier alpha value is -1.62. The van der Waals surface area contributed by atoms with Crippen LogP contribution in [0.1, 0.15) is 17.4 Å². The molecule has 0 fully saturated rings. The standard InChI is InChI=1S/C10H15N3O2/c1-7(6-15-2)12-10(14)8-4-3-5-9(11)13-8/h3-5,7H,6H2,1-2H3,(H2,11,13)(H,12,14). The van der Waals surface area contributed by atoms with Gasteiger partial charge in [-0.25, -0.2) is 4.98 Å². The number of methoxy groups -OCH3 is 1. The van der Waals surface area contributed by atoms with Crippen LogP contribution in [0, 0.1) is 0 Å². The topological polar surface area (TPSA) is 77.2 Å². The van der Waals surface area contributed by atoms with Crippen LogP contribution in [-0.2, 0) is 4.74 Å². The Labute approximate surface area is 88.6 Å². The molecule has 0 aliphatic carbocycles. The van der Waals surface area contributed by atoms with Crippen molar-refractivity contribution < 1.29 is 9.53 Å². The second kappa shape index (κ2) is 5.31. The maximum atomic E-state index is 11.6. The molecule has 1 aromatic rings. The third kappa shape index (κ3) is 3.55. The quantitative estimate of drug-likeness (QED) is 0.753. The van der Waals surface area contributed by atoms with E-state index in [-0.39, 0.29) is 11.9 Å². The molecule has 1 rings (SSSR count). The molecule has 1 atom stereocenters. The number of nitrogens with two attached hydrogens (primary N) is 1. The van der Waals surface area contributed by atoms with Crippen LogP contribution in [0.2, 0.25) is 0 Å². The molecule has 1 unspecified atom stereocenters. The zero-order valence-electron chi connectivity index (χ0n) is 8.86. The normalized spacial score (nSPS) is 12.1. The number of carbonyl (C=O) groups excluding carboxylic acids is 1. The molecule has 1 heterocycles. The minimum Gasteiger partial charge on any atom is -0.384 e. The van der Waals surface area contributed by atoms with Crippen molar-refractivity contribution in [3.63, 3.8) is 0 Å². The predicted molar refractivity (Wildman–Crippen MR) is 57.5 cm³/mol. The second-order valence-electron chi connectivity index (χ2n) is 3.28. The lowest BCUT2D eigenvalue weighted by molar-refractivity contribution is 0.0900. The highest BCUT2D eigenvalue weighted by Crippen LogP contribution is 2.00. The number of ether oxygens (including phenoxy) is 1. The number of anilines is 1. The number of hydrogen-bond donors (Lipinski definition) is 2. The van der Waals surface area contributed by atoms with E-state index in [1.165, 1.54) is 0 Å². The monoisotopic (exact) mass is 209 g/mol. The number of aromatic nitrogens is 1. The van der Waals surface area contributed by atoms with Gasteiger partial charge in [0.25, 0.3) is 5.91 Å². The molecule has 3 N–H and O–H groups in total. The lowest BCUT2D eigenvalue weighted by Crippen LogP contribution is -2.36. The van der Waals surface area contributed by atoms with Gasteiger partial charge in [0, 0.05) is 13.2 Å². The van der Waals surface area contributed by atoms with E-state index in [0.717, 1.165) is 0 Å². The smallest absolute Gasteiger partial charge is 0.270 e. The molecular formula is C10H15N3O2. The number of amides is 1. The van der Waals surface area contributed by atoms with Crippen molar-refractivity contribution in [1.82, 2.24) is 10.3 Å². The van der Waals surface area contributed by atoms with Gasteiger partial charge in [-0.05, 0) is 19.1 Å². The summed E-state index contributed by atoms with van der Waals surface area (Å²) in [6, 6.07) is 4.89. The lowest BCUT2D eigenvalue weighted by atomic mass is 10.3. The van der Waals surface area contributed by atoms with Crippen LogP contribution in [-0.4, -0.2) is 30.6 Å². The molecular weight excluding hydrogens is 194 g/mol. The van der Waals surface area contributed by atoms with Crippen molar-refractivity contribution in [2.45, 2.75) is 13.0 Å². The third-order valence-corrected chi connectivity index (χ3v) is 1.80. The Balaban J connectivity index is 2.61. The third-order valence-electron chi connectivity index (χ3n) is 1.80. The molecule has 5 heteroatoms. The largest absolute Gasteiger partial charge is 0.384 e. The average molecular weight is 209 g/mol. The van der Waals surface area contributed by atoms with Crippen molar-refractivity contribution >= 4 is 11.7 Å². The van der Waals surface area contributed by atoms with Gasteiger partial charge >= 0.3 is 0 Å². The molecule has 0 saturated heterocycles. The number of pyridine rings is 1. The molecule has 0 saturated carbocycles. The maximum absolute atomic E-state index is 11.6. The Morgan fingerprint density at radius 1 is 1.67 bits per heavy atom. The fourth-order valence-electron chi connectivity index (χ4n) is 1.17. The zero-order chi connectivity index (χ0) is 11.3. The number of carbonyl (C=O) groups is 1. The lowest BCUT2D eigenvalue weighted by Gasteiger charge is -2.12. The second-order valence-corrected chi connectivity index (χ2v) is 3.28. The fourth-order valence-corrected chi connectivity index (χ4v) is 1.17. The summed E-state index contributed by atoms with van der Waals surface area (Å²) in [6.07, 6.45) is 0. The molecule has 0 radical (unpaired) electrons. The van der Waals surface area contributed by atoms with E-state index in [0.29, 0.717) is 18.1 Å². The van der Waals surface area contributed by atoms with Gasteiger partial charge in [0.05, 0.1) is 6.61 Å². The summed E-state index contributed by atoms with van der Waals surface area (Å²) in [5.74, 6) is 0.0916. The van der Waals surface area contributed by atoms with Crippen molar-refractivity contribution in [2.24, 2.45) is 0 Å². The van der Waals surface area contributed by atoms with E-state index >= 15 is 0 Å². The first kappa shape index (κ1) is 11.5. The van der Waals surface area contributed by atoms with E-state index in [4.69, 9.17) is 10.5 Å². The van der Waals surface area contributed by atoms with E-state index in [1.54, 1.807) is 25.3 Å². The Morgan fingerprint density at radius 2 is 2.40 bits per heavy atom. The average Bonchev–Trinajstić information content (AvgIpc) is 2.18. The van der Waals surface area contributed by atoms with Crippen LogP contribution < -0.4 is 11.1 Å². The maximum Gasteiger partial charge on any atom is 0.270 e. The van der Waals surface area contributed by atoms with E-state index in [9.17, 15) is 4.79 Å². The first-order chi connectivity index (χ1) is 7.13. The molecule has 1 aromatic heterocycles. The first-order valence-electron chi connectivity index (χ1n) is 4.66. The highest BCUT2D eigenvalue weighted by molar-refractivity contribution is 5.92. The van der Waals surface area contributed by atoms with Crippen molar-refractivity contribution in [3.05, 3.63) is 23.9 Å². The molecule has 0 bridgehead atoms. The fraction of sp³-hybridized carbons (Fsp3) is 0.400. The van der Waals surface area contributed by atoms with Crippen molar-refractivity contribution in [3.8, 4) is 0 Å². The molecule has 0 aliphatic heterocycles. The number of hydrogen-bond acceptors (Lipinski definition) is 4. The number of nitrogens with one attached hydrogen (secondary N) is 1. The van der Waals surface area contributed by atoms with E-state index in [2.05, 4.69) is 10.3 Å².